The van der Waals surface area contributed by atoms with Crippen LogP contribution in [0.5, 0.6) is 0 Å². The van der Waals surface area contributed by atoms with Crippen molar-refractivity contribution in [2.75, 3.05) is 13.6 Å². The standard InChI is InChI=1S/C19H19Cl2N5O.HI/c1-22-19(24-12-13-5-7-15(20)8-6-13)23-10-9-17-25-18(26-27-17)14-3-2-4-16(21)11-14;/h2-8,11H,9-10,12H2,1H3,(H2,22,23,24);1H. The molecule has 6 nitrogen and oxygen atoms in total. The summed E-state index contributed by atoms with van der Waals surface area (Å²) in [5.74, 6) is 1.77. The van der Waals surface area contributed by atoms with Gasteiger partial charge in [0.05, 0.1) is 0 Å². The molecule has 1 heterocycles. The highest BCUT2D eigenvalue weighted by Crippen LogP contribution is 2.19. The molecule has 0 unspecified atom stereocenters. The van der Waals surface area contributed by atoms with E-state index in [0.717, 1.165) is 16.1 Å². The van der Waals surface area contributed by atoms with Crippen molar-refractivity contribution in [2.24, 2.45) is 4.99 Å². The predicted octanol–water partition coefficient (Wildman–Crippen LogP) is 4.57. The van der Waals surface area contributed by atoms with Crippen LogP contribution in [0.2, 0.25) is 10.0 Å². The molecular formula is C19H20Cl2IN5O. The second-order valence-electron chi connectivity index (χ2n) is 5.75. The summed E-state index contributed by atoms with van der Waals surface area (Å²) in [6.07, 6.45) is 0.579. The highest BCUT2D eigenvalue weighted by Gasteiger charge is 2.09. The van der Waals surface area contributed by atoms with E-state index < -0.39 is 0 Å². The third-order valence-corrected chi connectivity index (χ3v) is 4.27. The van der Waals surface area contributed by atoms with Gasteiger partial charge in [-0.2, -0.15) is 4.98 Å². The molecule has 0 atom stereocenters. The summed E-state index contributed by atoms with van der Waals surface area (Å²) in [6.45, 7) is 1.26. The van der Waals surface area contributed by atoms with Gasteiger partial charge in [0, 0.05) is 42.2 Å². The highest BCUT2D eigenvalue weighted by atomic mass is 127. The Labute approximate surface area is 190 Å². The lowest BCUT2D eigenvalue weighted by molar-refractivity contribution is 0.378. The first-order valence-electron chi connectivity index (χ1n) is 8.41. The van der Waals surface area contributed by atoms with E-state index in [0.29, 0.717) is 42.2 Å². The molecule has 0 radical (unpaired) electrons. The van der Waals surface area contributed by atoms with Gasteiger partial charge in [-0.1, -0.05) is 52.6 Å². The van der Waals surface area contributed by atoms with Gasteiger partial charge in [0.2, 0.25) is 11.7 Å². The maximum absolute atomic E-state index is 5.99. The molecule has 0 aliphatic rings. The van der Waals surface area contributed by atoms with Crippen LogP contribution in [-0.4, -0.2) is 29.7 Å². The second-order valence-corrected chi connectivity index (χ2v) is 6.62. The molecular weight excluding hydrogens is 512 g/mol. The molecule has 3 aromatic rings. The van der Waals surface area contributed by atoms with Crippen molar-refractivity contribution < 1.29 is 4.52 Å². The zero-order valence-corrected chi connectivity index (χ0v) is 19.0. The summed E-state index contributed by atoms with van der Waals surface area (Å²) >= 11 is 11.9. The van der Waals surface area contributed by atoms with Crippen molar-refractivity contribution in [3.63, 3.8) is 0 Å². The van der Waals surface area contributed by atoms with E-state index in [-0.39, 0.29) is 24.0 Å². The fourth-order valence-corrected chi connectivity index (χ4v) is 2.71. The van der Waals surface area contributed by atoms with Gasteiger partial charge in [-0.15, -0.1) is 24.0 Å². The molecule has 0 saturated heterocycles. The maximum Gasteiger partial charge on any atom is 0.228 e. The fraction of sp³-hybridized carbons (Fsp3) is 0.211. The number of hydrogen-bond donors (Lipinski definition) is 2. The van der Waals surface area contributed by atoms with E-state index in [4.69, 9.17) is 27.7 Å². The Balaban J connectivity index is 0.00000280. The number of benzene rings is 2. The molecule has 1 aromatic heterocycles. The lowest BCUT2D eigenvalue weighted by atomic mass is 10.2. The molecule has 0 aliphatic carbocycles. The Morgan fingerprint density at radius 1 is 1.07 bits per heavy atom. The quantitative estimate of drug-likeness (QED) is 0.277. The summed E-state index contributed by atoms with van der Waals surface area (Å²) < 4.78 is 5.30. The van der Waals surface area contributed by atoms with Crippen LogP contribution in [0, 0.1) is 0 Å². The van der Waals surface area contributed by atoms with Crippen molar-refractivity contribution >= 4 is 53.1 Å². The summed E-state index contributed by atoms with van der Waals surface area (Å²) in [5.41, 5.74) is 1.94. The number of aromatic nitrogens is 2. The SMILES string of the molecule is CN=C(NCCc1nc(-c2cccc(Cl)c2)no1)NCc1ccc(Cl)cc1.I. The molecule has 148 valence electrons. The Kier molecular flexibility index (Phi) is 9.01. The van der Waals surface area contributed by atoms with Gasteiger partial charge < -0.3 is 15.2 Å². The van der Waals surface area contributed by atoms with E-state index in [9.17, 15) is 0 Å². The van der Waals surface area contributed by atoms with E-state index in [1.54, 1.807) is 19.2 Å². The largest absolute Gasteiger partial charge is 0.356 e. The first kappa shape index (κ1) is 22.4. The zero-order valence-electron chi connectivity index (χ0n) is 15.2. The van der Waals surface area contributed by atoms with E-state index >= 15 is 0 Å². The van der Waals surface area contributed by atoms with Crippen molar-refractivity contribution in [1.29, 1.82) is 0 Å². The predicted molar refractivity (Wildman–Crippen MR) is 124 cm³/mol. The molecule has 0 bridgehead atoms. The molecule has 28 heavy (non-hydrogen) atoms. The van der Waals surface area contributed by atoms with Crippen LogP contribution >= 0.6 is 47.2 Å². The molecule has 9 heteroatoms. The highest BCUT2D eigenvalue weighted by molar-refractivity contribution is 14.0. The topological polar surface area (TPSA) is 75.3 Å². The molecule has 0 fully saturated rings. The van der Waals surface area contributed by atoms with Crippen molar-refractivity contribution in [2.45, 2.75) is 13.0 Å². The third-order valence-electron chi connectivity index (χ3n) is 3.78. The summed E-state index contributed by atoms with van der Waals surface area (Å²) in [4.78, 5) is 8.60. The molecule has 3 rings (SSSR count). The Morgan fingerprint density at radius 2 is 1.86 bits per heavy atom. The van der Waals surface area contributed by atoms with Gasteiger partial charge in [0.25, 0.3) is 0 Å². The maximum atomic E-state index is 5.99. The monoisotopic (exact) mass is 531 g/mol. The minimum absolute atomic E-state index is 0. The van der Waals surface area contributed by atoms with Crippen LogP contribution in [0.1, 0.15) is 11.5 Å². The van der Waals surface area contributed by atoms with Gasteiger partial charge in [-0.25, -0.2) is 0 Å². The average molecular weight is 532 g/mol. The van der Waals surface area contributed by atoms with Gasteiger partial charge >= 0.3 is 0 Å². The molecule has 0 saturated carbocycles. The number of nitrogens with one attached hydrogen (secondary N) is 2. The lowest BCUT2D eigenvalue weighted by Gasteiger charge is -2.11. The van der Waals surface area contributed by atoms with E-state index in [1.165, 1.54) is 0 Å². The van der Waals surface area contributed by atoms with Crippen molar-refractivity contribution in [3.05, 3.63) is 70.0 Å². The summed E-state index contributed by atoms with van der Waals surface area (Å²) in [5, 5.41) is 11.8. The van der Waals surface area contributed by atoms with Gasteiger partial charge in [-0.3, -0.25) is 4.99 Å². The first-order chi connectivity index (χ1) is 13.1. The Bertz CT molecular complexity index is 915. The molecule has 2 N–H and O–H groups in total. The Morgan fingerprint density at radius 3 is 2.57 bits per heavy atom. The number of aliphatic imine (C=N–C) groups is 1. The van der Waals surface area contributed by atoms with Crippen LogP contribution in [0.4, 0.5) is 0 Å². The van der Waals surface area contributed by atoms with Gasteiger partial charge in [0.1, 0.15) is 0 Å². The summed E-state index contributed by atoms with van der Waals surface area (Å²) in [7, 11) is 1.72. The van der Waals surface area contributed by atoms with E-state index in [2.05, 4.69) is 25.8 Å². The minimum Gasteiger partial charge on any atom is -0.356 e. The Hall–Kier alpha value is -1.84. The minimum atomic E-state index is 0. The number of nitrogens with zero attached hydrogens (tertiary/aromatic N) is 3. The van der Waals surface area contributed by atoms with Crippen molar-refractivity contribution in [1.82, 2.24) is 20.8 Å². The van der Waals surface area contributed by atoms with Crippen LogP contribution in [0.15, 0.2) is 58.0 Å². The lowest BCUT2D eigenvalue weighted by Crippen LogP contribution is -2.37. The van der Waals surface area contributed by atoms with Crippen LogP contribution in [0.25, 0.3) is 11.4 Å². The van der Waals surface area contributed by atoms with Crippen molar-refractivity contribution in [3.8, 4) is 11.4 Å². The van der Waals surface area contributed by atoms with E-state index in [1.807, 2.05) is 36.4 Å². The molecule has 0 spiro atoms. The second kappa shape index (κ2) is 11.2. The zero-order chi connectivity index (χ0) is 19.1. The van der Waals surface area contributed by atoms with Crippen LogP contribution in [-0.2, 0) is 13.0 Å². The first-order valence-corrected chi connectivity index (χ1v) is 9.17. The molecule has 0 amide bonds. The molecule has 2 aromatic carbocycles. The van der Waals surface area contributed by atoms with Gasteiger partial charge in [0.15, 0.2) is 5.96 Å². The molecule has 0 aliphatic heterocycles. The number of hydrogen-bond acceptors (Lipinski definition) is 4. The fourth-order valence-electron chi connectivity index (χ4n) is 2.40. The summed E-state index contributed by atoms with van der Waals surface area (Å²) in [6, 6.07) is 15.0. The average Bonchev–Trinajstić information content (AvgIpc) is 3.15. The number of guanidine groups is 1. The van der Waals surface area contributed by atoms with Gasteiger partial charge in [-0.05, 0) is 29.8 Å². The third kappa shape index (κ3) is 6.65. The van der Waals surface area contributed by atoms with Crippen LogP contribution in [0.3, 0.4) is 0 Å². The normalized spacial score (nSPS) is 11.0. The smallest absolute Gasteiger partial charge is 0.228 e. The number of rotatable bonds is 6. The van der Waals surface area contributed by atoms with Crippen LogP contribution < -0.4 is 10.6 Å². The number of halogens is 3.